The van der Waals surface area contributed by atoms with Gasteiger partial charge in [0.2, 0.25) is 0 Å². The molecular formula is C22H29N7O3S. The van der Waals surface area contributed by atoms with E-state index in [1.54, 1.807) is 28.7 Å². The van der Waals surface area contributed by atoms with E-state index < -0.39 is 6.09 Å². The van der Waals surface area contributed by atoms with Crippen LogP contribution in [0.4, 0.5) is 10.6 Å². The van der Waals surface area contributed by atoms with Crippen molar-refractivity contribution in [3.63, 3.8) is 0 Å². The average Bonchev–Trinajstić information content (AvgIpc) is 3.42. The second-order valence-electron chi connectivity index (χ2n) is 8.77. The van der Waals surface area contributed by atoms with Crippen LogP contribution < -0.4 is 5.32 Å². The fraction of sp³-hybridized carbons (Fsp3) is 0.500. The first-order valence-corrected chi connectivity index (χ1v) is 11.9. The molecule has 4 heterocycles. The number of carboxylic acid groups (broad SMARTS) is 1. The largest absolute Gasteiger partial charge is 0.465 e. The van der Waals surface area contributed by atoms with Gasteiger partial charge >= 0.3 is 6.09 Å². The molecule has 0 aromatic carbocycles. The third-order valence-corrected chi connectivity index (χ3v) is 7.18. The number of amides is 2. The monoisotopic (exact) mass is 471 g/mol. The van der Waals surface area contributed by atoms with Crippen molar-refractivity contribution in [2.45, 2.75) is 45.7 Å². The molecule has 176 valence electrons. The first-order chi connectivity index (χ1) is 15.7. The molecule has 3 aromatic heterocycles. The first-order valence-electron chi connectivity index (χ1n) is 11.1. The van der Waals surface area contributed by atoms with Crippen molar-refractivity contribution in [1.82, 2.24) is 29.4 Å². The highest BCUT2D eigenvalue weighted by Gasteiger charge is 2.29. The number of carbonyl (C=O) groups is 2. The SMILES string of the molecule is CC(C)[C@@H](C)Nc1cc(C(=O)N2CCC(N(C)C(=O)O)CC2)nc(-c2cnn3ccsc23)n1. The zero-order valence-electron chi connectivity index (χ0n) is 19.2. The summed E-state index contributed by atoms with van der Waals surface area (Å²) < 4.78 is 1.77. The van der Waals surface area contributed by atoms with E-state index in [1.165, 1.54) is 16.2 Å². The highest BCUT2D eigenvalue weighted by molar-refractivity contribution is 7.16. The van der Waals surface area contributed by atoms with Crippen LogP contribution in [0.15, 0.2) is 23.8 Å². The molecule has 0 radical (unpaired) electrons. The van der Waals surface area contributed by atoms with Gasteiger partial charge in [0.25, 0.3) is 5.91 Å². The lowest BCUT2D eigenvalue weighted by atomic mass is 10.0. The minimum Gasteiger partial charge on any atom is -0.465 e. The van der Waals surface area contributed by atoms with E-state index in [9.17, 15) is 14.7 Å². The second-order valence-corrected chi connectivity index (χ2v) is 9.66. The topological polar surface area (TPSA) is 116 Å². The van der Waals surface area contributed by atoms with Gasteiger partial charge in [-0.1, -0.05) is 13.8 Å². The van der Waals surface area contributed by atoms with Gasteiger partial charge in [-0.3, -0.25) is 4.79 Å². The number of hydrogen-bond acceptors (Lipinski definition) is 7. The van der Waals surface area contributed by atoms with Crippen molar-refractivity contribution < 1.29 is 14.7 Å². The molecule has 4 rings (SSSR count). The van der Waals surface area contributed by atoms with E-state index in [1.807, 2.05) is 11.6 Å². The average molecular weight is 472 g/mol. The maximum absolute atomic E-state index is 13.4. The van der Waals surface area contributed by atoms with Crippen molar-refractivity contribution in [2.75, 3.05) is 25.5 Å². The van der Waals surface area contributed by atoms with Crippen molar-refractivity contribution in [3.8, 4) is 11.4 Å². The smallest absolute Gasteiger partial charge is 0.407 e. The molecule has 2 amide bonds. The lowest BCUT2D eigenvalue weighted by Crippen LogP contribution is -2.47. The molecule has 1 atom stereocenters. The molecule has 1 saturated heterocycles. The van der Waals surface area contributed by atoms with Crippen LogP contribution in [0.5, 0.6) is 0 Å². The molecule has 33 heavy (non-hydrogen) atoms. The summed E-state index contributed by atoms with van der Waals surface area (Å²) in [6, 6.07) is 1.78. The zero-order chi connectivity index (χ0) is 23.7. The Hall–Kier alpha value is -3.21. The van der Waals surface area contributed by atoms with E-state index in [0.717, 1.165) is 10.4 Å². The van der Waals surface area contributed by atoms with Gasteiger partial charge in [-0.2, -0.15) is 5.10 Å². The number of nitrogens with zero attached hydrogens (tertiary/aromatic N) is 6. The van der Waals surface area contributed by atoms with Crippen LogP contribution in [0, 0.1) is 5.92 Å². The Balaban J connectivity index is 1.62. The standard InChI is InChI=1S/C22H29N7O3S/c1-13(2)14(3)24-18-11-17(20(30)28-7-5-15(6-8-28)27(4)22(31)32)25-19(26-18)16-12-23-29-9-10-33-21(16)29/h9-15H,5-8H2,1-4H3,(H,31,32)(H,24,25,26)/t14-/m1/s1. The van der Waals surface area contributed by atoms with E-state index in [0.29, 0.717) is 49.2 Å². The summed E-state index contributed by atoms with van der Waals surface area (Å²) in [7, 11) is 1.58. The molecule has 1 aliphatic heterocycles. The number of piperidine rings is 1. The molecule has 0 unspecified atom stereocenters. The van der Waals surface area contributed by atoms with Gasteiger partial charge in [0.05, 0.1) is 11.8 Å². The first kappa shape index (κ1) is 23.0. The maximum Gasteiger partial charge on any atom is 0.407 e. The van der Waals surface area contributed by atoms with Gasteiger partial charge in [0, 0.05) is 49.9 Å². The van der Waals surface area contributed by atoms with E-state index in [4.69, 9.17) is 4.98 Å². The molecule has 2 N–H and O–H groups in total. The predicted octanol–water partition coefficient (Wildman–Crippen LogP) is 3.52. The summed E-state index contributed by atoms with van der Waals surface area (Å²) in [5.74, 6) is 1.26. The van der Waals surface area contributed by atoms with Crippen LogP contribution in [0.2, 0.25) is 0 Å². The third kappa shape index (κ3) is 4.77. The predicted molar refractivity (Wildman–Crippen MR) is 127 cm³/mol. The molecule has 10 nitrogen and oxygen atoms in total. The minimum atomic E-state index is -0.948. The third-order valence-electron chi connectivity index (χ3n) is 6.29. The molecule has 1 aliphatic rings. The fourth-order valence-electron chi connectivity index (χ4n) is 3.81. The molecule has 0 saturated carbocycles. The summed E-state index contributed by atoms with van der Waals surface area (Å²) >= 11 is 1.54. The Bertz CT molecular complexity index is 1150. The summed E-state index contributed by atoms with van der Waals surface area (Å²) in [5, 5.41) is 18.9. The molecule has 3 aromatic rings. The van der Waals surface area contributed by atoms with Crippen molar-refractivity contribution in [2.24, 2.45) is 5.92 Å². The number of carbonyl (C=O) groups excluding carboxylic acids is 1. The van der Waals surface area contributed by atoms with Gasteiger partial charge in [-0.15, -0.1) is 11.3 Å². The molecule has 1 fully saturated rings. The van der Waals surface area contributed by atoms with Crippen LogP contribution in [0.1, 0.15) is 44.1 Å². The molecular weight excluding hydrogens is 442 g/mol. The van der Waals surface area contributed by atoms with E-state index in [2.05, 4.69) is 36.2 Å². The molecule has 11 heteroatoms. The Labute approximate surface area is 196 Å². The number of thiazole rings is 1. The normalized spacial score (nSPS) is 15.7. The van der Waals surface area contributed by atoms with Crippen molar-refractivity contribution in [3.05, 3.63) is 29.5 Å². The molecule has 0 aliphatic carbocycles. The molecule has 0 bridgehead atoms. The van der Waals surface area contributed by atoms with E-state index in [-0.39, 0.29) is 18.0 Å². The quantitative estimate of drug-likeness (QED) is 0.565. The Morgan fingerprint density at radius 3 is 2.64 bits per heavy atom. The number of nitrogens with one attached hydrogen (secondary N) is 1. The van der Waals surface area contributed by atoms with Crippen LogP contribution in [-0.4, -0.2) is 78.7 Å². The lowest BCUT2D eigenvalue weighted by Gasteiger charge is -2.35. The van der Waals surface area contributed by atoms with Crippen molar-refractivity contribution in [1.29, 1.82) is 0 Å². The fourth-order valence-corrected chi connectivity index (χ4v) is 4.60. The zero-order valence-corrected chi connectivity index (χ0v) is 20.0. The molecule has 0 spiro atoms. The lowest BCUT2D eigenvalue weighted by molar-refractivity contribution is 0.0638. The maximum atomic E-state index is 13.4. The number of aromatic nitrogens is 4. The summed E-state index contributed by atoms with van der Waals surface area (Å²) in [6.07, 6.45) is 3.84. The highest BCUT2D eigenvalue weighted by Crippen LogP contribution is 2.27. The van der Waals surface area contributed by atoms with Gasteiger partial charge in [-0.25, -0.2) is 19.3 Å². The van der Waals surface area contributed by atoms with E-state index >= 15 is 0 Å². The van der Waals surface area contributed by atoms with Crippen LogP contribution in [0.25, 0.3) is 16.2 Å². The number of likely N-dealkylation sites (tertiary alicyclic amines) is 1. The number of rotatable bonds is 6. The summed E-state index contributed by atoms with van der Waals surface area (Å²) in [5.41, 5.74) is 1.10. The Kier molecular flexibility index (Phi) is 6.50. The minimum absolute atomic E-state index is 0.0869. The van der Waals surface area contributed by atoms with Gasteiger partial charge in [0.15, 0.2) is 5.82 Å². The number of hydrogen-bond donors (Lipinski definition) is 2. The highest BCUT2D eigenvalue weighted by atomic mass is 32.1. The summed E-state index contributed by atoms with van der Waals surface area (Å²) in [6.45, 7) is 7.28. The second kappa shape index (κ2) is 9.34. The van der Waals surface area contributed by atoms with Crippen LogP contribution >= 0.6 is 11.3 Å². The number of fused-ring (bicyclic) bond motifs is 1. The number of anilines is 1. The van der Waals surface area contributed by atoms with Gasteiger partial charge in [-0.05, 0) is 25.7 Å². The van der Waals surface area contributed by atoms with Gasteiger partial charge in [0.1, 0.15) is 16.3 Å². The van der Waals surface area contributed by atoms with Crippen molar-refractivity contribution >= 4 is 34.0 Å². The Morgan fingerprint density at radius 1 is 1.24 bits per heavy atom. The van der Waals surface area contributed by atoms with Gasteiger partial charge < -0.3 is 20.2 Å². The Morgan fingerprint density at radius 2 is 1.97 bits per heavy atom. The summed E-state index contributed by atoms with van der Waals surface area (Å²) in [4.78, 5) is 37.9. The van der Waals surface area contributed by atoms with Crippen LogP contribution in [-0.2, 0) is 0 Å². The van der Waals surface area contributed by atoms with Crippen LogP contribution in [0.3, 0.4) is 0 Å².